The molecular weight excluding hydrogens is 441 g/mol. The number of carbonyl (C=O) groups is 1. The zero-order valence-corrected chi connectivity index (χ0v) is 18.8. The number of hydrogen-bond acceptors (Lipinski definition) is 5. The van der Waals surface area contributed by atoms with Gasteiger partial charge in [-0.3, -0.25) is 15.4 Å². The zero-order valence-electron chi connectivity index (χ0n) is 16.5. The van der Waals surface area contributed by atoms with Gasteiger partial charge in [-0.1, -0.05) is 62.0 Å². The first-order chi connectivity index (χ1) is 13.5. The Bertz CT molecular complexity index is 710. The first-order valence-corrected chi connectivity index (χ1v) is 10.7. The number of amides is 1. The number of non-ortho nitro benzene ring substituents is 1. The van der Waals surface area contributed by atoms with Crippen LogP contribution in [-0.2, 0) is 4.74 Å². The van der Waals surface area contributed by atoms with Crippen LogP contribution in [0.2, 0.25) is 0 Å². The van der Waals surface area contributed by atoms with Crippen LogP contribution >= 0.6 is 34.8 Å². The van der Waals surface area contributed by atoms with E-state index in [1.165, 1.54) is 24.3 Å². The number of rotatable bonds is 6. The van der Waals surface area contributed by atoms with Crippen molar-refractivity contribution in [1.29, 1.82) is 0 Å². The molecule has 0 saturated heterocycles. The van der Waals surface area contributed by atoms with Gasteiger partial charge in [0.25, 0.3) is 5.69 Å². The SMILES string of the molecule is CC(C)[C@H]1CC[C@@H](C)C[C@@H]1OC(=O)N[C@@H](Nc1ccc([N+](=O)[O-])cc1)C(Cl)(Cl)Cl. The molecule has 1 amide bonds. The molecule has 0 aliphatic heterocycles. The van der Waals surface area contributed by atoms with Gasteiger partial charge >= 0.3 is 6.09 Å². The summed E-state index contributed by atoms with van der Waals surface area (Å²) in [5.41, 5.74) is 0.373. The van der Waals surface area contributed by atoms with E-state index < -0.39 is 21.0 Å². The van der Waals surface area contributed by atoms with Crippen molar-refractivity contribution >= 4 is 52.3 Å². The van der Waals surface area contributed by atoms with Crippen LogP contribution in [0.1, 0.15) is 40.0 Å². The van der Waals surface area contributed by atoms with E-state index in [-0.39, 0.29) is 17.7 Å². The van der Waals surface area contributed by atoms with Gasteiger partial charge in [-0.15, -0.1) is 0 Å². The van der Waals surface area contributed by atoms with E-state index in [4.69, 9.17) is 39.5 Å². The van der Waals surface area contributed by atoms with Crippen molar-refractivity contribution in [2.24, 2.45) is 17.8 Å². The number of halogens is 3. The summed E-state index contributed by atoms with van der Waals surface area (Å²) in [7, 11) is 0. The van der Waals surface area contributed by atoms with Crippen molar-refractivity contribution in [1.82, 2.24) is 5.32 Å². The lowest BCUT2D eigenvalue weighted by Gasteiger charge is -2.37. The number of carbonyl (C=O) groups excluding carboxylic acids is 1. The van der Waals surface area contributed by atoms with Gasteiger partial charge in [-0.2, -0.15) is 0 Å². The second kappa shape index (κ2) is 10.0. The van der Waals surface area contributed by atoms with Gasteiger partial charge in [-0.05, 0) is 42.7 Å². The topological polar surface area (TPSA) is 93.5 Å². The number of ether oxygens (including phenoxy) is 1. The second-order valence-corrected chi connectivity index (χ2v) is 10.2. The Morgan fingerprint density at radius 1 is 1.24 bits per heavy atom. The number of alkyl halides is 3. The first kappa shape index (κ1) is 23.8. The van der Waals surface area contributed by atoms with Crippen molar-refractivity contribution in [3.8, 4) is 0 Å². The van der Waals surface area contributed by atoms with Crippen molar-refractivity contribution in [2.75, 3.05) is 5.32 Å². The van der Waals surface area contributed by atoms with E-state index >= 15 is 0 Å². The largest absolute Gasteiger partial charge is 0.446 e. The molecule has 162 valence electrons. The molecule has 0 radical (unpaired) electrons. The highest BCUT2D eigenvalue weighted by atomic mass is 35.6. The number of nitrogens with zero attached hydrogens (tertiary/aromatic N) is 1. The molecule has 0 spiro atoms. The summed E-state index contributed by atoms with van der Waals surface area (Å²) in [5.74, 6) is 1.15. The summed E-state index contributed by atoms with van der Waals surface area (Å²) in [6, 6.07) is 5.55. The monoisotopic (exact) mass is 465 g/mol. The second-order valence-electron chi connectivity index (χ2n) is 7.84. The molecule has 0 unspecified atom stereocenters. The number of nitro benzene ring substituents is 1. The van der Waals surface area contributed by atoms with Crippen LogP contribution in [0, 0.1) is 27.9 Å². The highest BCUT2D eigenvalue weighted by molar-refractivity contribution is 6.68. The Morgan fingerprint density at radius 3 is 2.38 bits per heavy atom. The normalized spacial score (nSPS) is 23.3. The average Bonchev–Trinajstić information content (AvgIpc) is 2.60. The lowest BCUT2D eigenvalue weighted by Crippen LogP contribution is -2.50. The highest BCUT2D eigenvalue weighted by Gasteiger charge is 2.37. The Hall–Kier alpha value is -1.44. The fourth-order valence-corrected chi connectivity index (χ4v) is 3.91. The van der Waals surface area contributed by atoms with Crippen LogP contribution < -0.4 is 10.6 Å². The van der Waals surface area contributed by atoms with Crippen LogP contribution in [0.5, 0.6) is 0 Å². The molecule has 1 aliphatic rings. The first-order valence-electron chi connectivity index (χ1n) is 9.52. The van der Waals surface area contributed by atoms with E-state index in [9.17, 15) is 14.9 Å². The summed E-state index contributed by atoms with van der Waals surface area (Å²) in [6.45, 7) is 6.38. The van der Waals surface area contributed by atoms with Gasteiger partial charge in [0.05, 0.1) is 4.92 Å². The number of benzene rings is 1. The lowest BCUT2D eigenvalue weighted by molar-refractivity contribution is -0.384. The third kappa shape index (κ3) is 7.08. The minimum atomic E-state index is -1.88. The third-order valence-corrected chi connectivity index (χ3v) is 5.85. The maximum Gasteiger partial charge on any atom is 0.409 e. The van der Waals surface area contributed by atoms with E-state index in [2.05, 4.69) is 31.4 Å². The van der Waals surface area contributed by atoms with E-state index in [0.29, 0.717) is 17.5 Å². The molecule has 0 heterocycles. The third-order valence-electron chi connectivity index (χ3n) is 5.20. The van der Waals surface area contributed by atoms with Crippen LogP contribution in [0.15, 0.2) is 24.3 Å². The van der Waals surface area contributed by atoms with Crippen molar-refractivity contribution in [3.05, 3.63) is 34.4 Å². The lowest BCUT2D eigenvalue weighted by atomic mass is 9.75. The molecule has 10 heteroatoms. The number of anilines is 1. The molecule has 0 bridgehead atoms. The summed E-state index contributed by atoms with van der Waals surface area (Å²) in [5, 5.41) is 16.2. The summed E-state index contributed by atoms with van der Waals surface area (Å²) < 4.78 is 3.82. The van der Waals surface area contributed by atoms with Gasteiger partial charge < -0.3 is 10.1 Å². The molecular formula is C19H26Cl3N3O4. The maximum atomic E-state index is 12.5. The molecule has 1 aromatic rings. The van der Waals surface area contributed by atoms with E-state index in [0.717, 1.165) is 19.3 Å². The maximum absolute atomic E-state index is 12.5. The predicted molar refractivity (Wildman–Crippen MR) is 116 cm³/mol. The molecule has 1 saturated carbocycles. The molecule has 1 aromatic carbocycles. The number of nitro groups is 1. The molecule has 1 aliphatic carbocycles. The number of hydrogen-bond donors (Lipinski definition) is 2. The molecule has 4 atom stereocenters. The summed E-state index contributed by atoms with van der Waals surface area (Å²) in [4.78, 5) is 22.8. The minimum absolute atomic E-state index is 0.0699. The fourth-order valence-electron chi connectivity index (χ4n) is 3.59. The van der Waals surface area contributed by atoms with Gasteiger partial charge in [-0.25, -0.2) is 4.79 Å². The quantitative estimate of drug-likeness (QED) is 0.236. The summed E-state index contributed by atoms with van der Waals surface area (Å²) in [6.07, 6.45) is 0.938. The van der Waals surface area contributed by atoms with Gasteiger partial charge in [0.1, 0.15) is 12.3 Å². The van der Waals surface area contributed by atoms with Gasteiger partial charge in [0, 0.05) is 17.8 Å². The fraction of sp³-hybridized carbons (Fsp3) is 0.632. The van der Waals surface area contributed by atoms with Crippen molar-refractivity contribution in [3.63, 3.8) is 0 Å². The van der Waals surface area contributed by atoms with Crippen LogP contribution in [0.4, 0.5) is 16.2 Å². The number of alkyl carbamates (subject to hydrolysis) is 1. The zero-order chi connectivity index (χ0) is 21.8. The standard InChI is InChI=1S/C19H26Cl3N3O4/c1-11(2)15-9-4-12(3)10-16(15)29-18(26)24-17(19(20,21)22)23-13-5-7-14(8-6-13)25(27)28/h5-8,11-12,15-17,23H,4,9-10H2,1-3H3,(H,24,26)/t12-,15-,16+,17-/m1/s1. The van der Waals surface area contributed by atoms with Crippen LogP contribution in [-0.4, -0.2) is 27.1 Å². The van der Waals surface area contributed by atoms with Crippen LogP contribution in [0.25, 0.3) is 0 Å². The minimum Gasteiger partial charge on any atom is -0.446 e. The highest BCUT2D eigenvalue weighted by Crippen LogP contribution is 2.36. The Labute approximate surface area is 185 Å². The Kier molecular flexibility index (Phi) is 8.26. The molecule has 1 fully saturated rings. The smallest absolute Gasteiger partial charge is 0.409 e. The molecule has 2 N–H and O–H groups in total. The van der Waals surface area contributed by atoms with Crippen molar-refractivity contribution in [2.45, 2.75) is 56.1 Å². The predicted octanol–water partition coefficient (Wildman–Crippen LogP) is 5.89. The van der Waals surface area contributed by atoms with Gasteiger partial charge in [0.2, 0.25) is 3.79 Å². The molecule has 7 nitrogen and oxygen atoms in total. The van der Waals surface area contributed by atoms with Crippen molar-refractivity contribution < 1.29 is 14.5 Å². The molecule has 29 heavy (non-hydrogen) atoms. The van der Waals surface area contributed by atoms with Crippen LogP contribution in [0.3, 0.4) is 0 Å². The Morgan fingerprint density at radius 2 is 1.86 bits per heavy atom. The molecule has 0 aromatic heterocycles. The Balaban J connectivity index is 2.05. The number of nitrogens with one attached hydrogen (secondary N) is 2. The summed E-state index contributed by atoms with van der Waals surface area (Å²) >= 11 is 18.0. The average molecular weight is 467 g/mol. The molecule has 2 rings (SSSR count). The van der Waals surface area contributed by atoms with Gasteiger partial charge in [0.15, 0.2) is 0 Å². The van der Waals surface area contributed by atoms with E-state index in [1.807, 2.05) is 0 Å². The van der Waals surface area contributed by atoms with E-state index in [1.54, 1.807) is 0 Å².